The van der Waals surface area contributed by atoms with Gasteiger partial charge in [-0.2, -0.15) is 0 Å². The molecule has 3 atom stereocenters. The topological polar surface area (TPSA) is 15.3 Å². The fourth-order valence-electron chi connectivity index (χ4n) is 1.76. The Bertz CT molecular complexity index is 121. The van der Waals surface area contributed by atoms with E-state index >= 15 is 0 Å². The number of nitrogens with zero attached hydrogens (tertiary/aromatic N) is 1. The summed E-state index contributed by atoms with van der Waals surface area (Å²) in [5.74, 6) is 0. The SMILES string of the molecule is CCC(NC)C(C)N(C)C(C)CC. The van der Waals surface area contributed by atoms with Crippen molar-refractivity contribution in [1.82, 2.24) is 10.2 Å². The highest BCUT2D eigenvalue weighted by molar-refractivity contribution is 4.79. The van der Waals surface area contributed by atoms with E-state index in [1.54, 1.807) is 0 Å². The van der Waals surface area contributed by atoms with Crippen LogP contribution in [0.15, 0.2) is 0 Å². The Hall–Kier alpha value is -0.0800. The van der Waals surface area contributed by atoms with E-state index in [9.17, 15) is 0 Å². The molecule has 0 heterocycles. The smallest absolute Gasteiger partial charge is 0.0220 e. The van der Waals surface area contributed by atoms with E-state index in [1.807, 2.05) is 0 Å². The summed E-state index contributed by atoms with van der Waals surface area (Å²) in [6.45, 7) is 9.08. The minimum Gasteiger partial charge on any atom is -0.315 e. The van der Waals surface area contributed by atoms with Gasteiger partial charge in [-0.05, 0) is 40.8 Å². The Morgan fingerprint density at radius 2 is 1.69 bits per heavy atom. The van der Waals surface area contributed by atoms with Crippen molar-refractivity contribution in [3.8, 4) is 0 Å². The standard InChI is InChI=1S/C11H26N2/c1-7-9(3)13(6)10(4)11(8-2)12-5/h9-12H,7-8H2,1-6H3. The van der Waals surface area contributed by atoms with Crippen molar-refractivity contribution in [2.75, 3.05) is 14.1 Å². The molecule has 0 amide bonds. The van der Waals surface area contributed by atoms with Crippen LogP contribution in [0.25, 0.3) is 0 Å². The molecule has 0 rings (SSSR count). The molecular weight excluding hydrogens is 160 g/mol. The van der Waals surface area contributed by atoms with E-state index in [0.29, 0.717) is 18.1 Å². The van der Waals surface area contributed by atoms with Gasteiger partial charge in [-0.15, -0.1) is 0 Å². The van der Waals surface area contributed by atoms with E-state index < -0.39 is 0 Å². The minimum absolute atomic E-state index is 0.610. The van der Waals surface area contributed by atoms with Gasteiger partial charge in [-0.3, -0.25) is 4.90 Å². The maximum Gasteiger partial charge on any atom is 0.0220 e. The lowest BCUT2D eigenvalue weighted by molar-refractivity contribution is 0.156. The van der Waals surface area contributed by atoms with Gasteiger partial charge in [-0.25, -0.2) is 0 Å². The molecule has 0 aromatic rings. The van der Waals surface area contributed by atoms with Gasteiger partial charge in [0.1, 0.15) is 0 Å². The molecule has 0 aliphatic carbocycles. The summed E-state index contributed by atoms with van der Waals surface area (Å²) in [5, 5.41) is 3.37. The highest BCUT2D eigenvalue weighted by atomic mass is 15.2. The maximum absolute atomic E-state index is 3.37. The molecule has 0 aromatic heterocycles. The van der Waals surface area contributed by atoms with Gasteiger partial charge in [0.25, 0.3) is 0 Å². The summed E-state index contributed by atoms with van der Waals surface area (Å²) < 4.78 is 0. The van der Waals surface area contributed by atoms with E-state index in [1.165, 1.54) is 12.8 Å². The van der Waals surface area contributed by atoms with Gasteiger partial charge in [0.2, 0.25) is 0 Å². The van der Waals surface area contributed by atoms with E-state index in [-0.39, 0.29) is 0 Å². The summed E-state index contributed by atoms with van der Waals surface area (Å²) in [4.78, 5) is 2.46. The minimum atomic E-state index is 0.610. The van der Waals surface area contributed by atoms with Crippen LogP contribution in [0.2, 0.25) is 0 Å². The van der Waals surface area contributed by atoms with Crippen LogP contribution >= 0.6 is 0 Å². The number of rotatable bonds is 6. The Morgan fingerprint density at radius 1 is 1.15 bits per heavy atom. The predicted molar refractivity (Wildman–Crippen MR) is 60.1 cm³/mol. The third-order valence-electron chi connectivity index (χ3n) is 3.32. The fourth-order valence-corrected chi connectivity index (χ4v) is 1.76. The summed E-state index contributed by atoms with van der Waals surface area (Å²) in [7, 11) is 4.27. The summed E-state index contributed by atoms with van der Waals surface area (Å²) >= 11 is 0. The van der Waals surface area contributed by atoms with Crippen molar-refractivity contribution in [2.45, 2.75) is 58.7 Å². The van der Waals surface area contributed by atoms with Crippen molar-refractivity contribution in [2.24, 2.45) is 0 Å². The number of likely N-dealkylation sites (N-methyl/N-ethyl adjacent to an activating group) is 2. The van der Waals surface area contributed by atoms with Gasteiger partial charge >= 0.3 is 0 Å². The second-order valence-corrected chi connectivity index (χ2v) is 3.97. The molecule has 0 bridgehead atoms. The average Bonchev–Trinajstić information content (AvgIpc) is 2.17. The molecule has 80 valence electrons. The molecular formula is C11H26N2. The zero-order valence-corrected chi connectivity index (χ0v) is 10.1. The highest BCUT2D eigenvalue weighted by Gasteiger charge is 2.20. The lowest BCUT2D eigenvalue weighted by atomic mass is 10.0. The largest absolute Gasteiger partial charge is 0.315 e. The molecule has 13 heavy (non-hydrogen) atoms. The third kappa shape index (κ3) is 3.65. The molecule has 0 aliphatic rings. The Labute approximate surface area is 83.7 Å². The molecule has 0 aliphatic heterocycles. The molecule has 3 unspecified atom stereocenters. The zero-order valence-electron chi connectivity index (χ0n) is 10.1. The van der Waals surface area contributed by atoms with E-state index in [4.69, 9.17) is 0 Å². The van der Waals surface area contributed by atoms with Gasteiger partial charge in [0.05, 0.1) is 0 Å². The first kappa shape index (κ1) is 12.9. The van der Waals surface area contributed by atoms with Crippen LogP contribution in [0, 0.1) is 0 Å². The summed E-state index contributed by atoms with van der Waals surface area (Å²) in [6.07, 6.45) is 2.42. The Kier molecular flexibility index (Phi) is 6.35. The molecule has 0 saturated heterocycles. The lowest BCUT2D eigenvalue weighted by Gasteiger charge is -2.35. The quantitative estimate of drug-likeness (QED) is 0.683. The molecule has 0 spiro atoms. The Balaban J connectivity index is 4.13. The van der Waals surface area contributed by atoms with Gasteiger partial charge in [0, 0.05) is 18.1 Å². The van der Waals surface area contributed by atoms with Crippen LogP contribution in [0.1, 0.15) is 40.5 Å². The lowest BCUT2D eigenvalue weighted by Crippen LogP contribution is -2.48. The van der Waals surface area contributed by atoms with Gasteiger partial charge < -0.3 is 5.32 Å². The first-order chi connectivity index (χ1) is 6.08. The summed E-state index contributed by atoms with van der Waals surface area (Å²) in [5.41, 5.74) is 0. The first-order valence-corrected chi connectivity index (χ1v) is 5.47. The summed E-state index contributed by atoms with van der Waals surface area (Å²) in [6, 6.07) is 1.90. The van der Waals surface area contributed by atoms with Crippen molar-refractivity contribution >= 4 is 0 Å². The van der Waals surface area contributed by atoms with Crippen LogP contribution in [-0.2, 0) is 0 Å². The molecule has 0 aromatic carbocycles. The molecule has 0 fully saturated rings. The van der Waals surface area contributed by atoms with E-state index in [2.05, 4.69) is 52.0 Å². The normalized spacial score (nSPS) is 18.7. The van der Waals surface area contributed by atoms with Crippen molar-refractivity contribution in [1.29, 1.82) is 0 Å². The van der Waals surface area contributed by atoms with Crippen LogP contribution in [-0.4, -0.2) is 37.1 Å². The maximum atomic E-state index is 3.37. The number of hydrogen-bond donors (Lipinski definition) is 1. The second kappa shape index (κ2) is 6.39. The predicted octanol–water partition coefficient (Wildman–Crippen LogP) is 2.10. The van der Waals surface area contributed by atoms with Crippen molar-refractivity contribution in [3.63, 3.8) is 0 Å². The van der Waals surface area contributed by atoms with Crippen LogP contribution < -0.4 is 5.32 Å². The molecule has 1 N–H and O–H groups in total. The number of hydrogen-bond acceptors (Lipinski definition) is 2. The van der Waals surface area contributed by atoms with E-state index in [0.717, 1.165) is 0 Å². The van der Waals surface area contributed by atoms with Crippen molar-refractivity contribution in [3.05, 3.63) is 0 Å². The van der Waals surface area contributed by atoms with Crippen LogP contribution in [0.3, 0.4) is 0 Å². The molecule has 0 radical (unpaired) electrons. The first-order valence-electron chi connectivity index (χ1n) is 5.47. The van der Waals surface area contributed by atoms with Crippen molar-refractivity contribution < 1.29 is 0 Å². The van der Waals surface area contributed by atoms with Gasteiger partial charge in [-0.1, -0.05) is 13.8 Å². The molecule has 2 nitrogen and oxygen atoms in total. The monoisotopic (exact) mass is 186 g/mol. The number of nitrogens with one attached hydrogen (secondary N) is 1. The molecule has 0 saturated carbocycles. The fraction of sp³-hybridized carbons (Fsp3) is 1.00. The third-order valence-corrected chi connectivity index (χ3v) is 3.32. The Morgan fingerprint density at radius 3 is 2.00 bits per heavy atom. The highest BCUT2D eigenvalue weighted by Crippen LogP contribution is 2.10. The molecule has 2 heteroatoms. The average molecular weight is 186 g/mol. The van der Waals surface area contributed by atoms with Gasteiger partial charge in [0.15, 0.2) is 0 Å². The zero-order chi connectivity index (χ0) is 10.4. The van der Waals surface area contributed by atoms with Crippen LogP contribution in [0.4, 0.5) is 0 Å². The van der Waals surface area contributed by atoms with Crippen LogP contribution in [0.5, 0.6) is 0 Å². The second-order valence-electron chi connectivity index (χ2n) is 3.97.